The van der Waals surface area contributed by atoms with Gasteiger partial charge in [0.2, 0.25) is 5.91 Å². The fourth-order valence-electron chi connectivity index (χ4n) is 7.98. The molecule has 0 aromatic rings. The van der Waals surface area contributed by atoms with Gasteiger partial charge in [0.05, 0.1) is 0 Å². The largest absolute Gasteiger partial charge is 0.353 e. The van der Waals surface area contributed by atoms with E-state index in [0.29, 0.717) is 22.8 Å². The molecule has 0 spiro atoms. The fourth-order valence-corrected chi connectivity index (χ4v) is 7.98. The third-order valence-corrected chi connectivity index (χ3v) is 9.30. The number of amides is 1. The van der Waals surface area contributed by atoms with Crippen LogP contribution < -0.4 is 5.32 Å². The van der Waals surface area contributed by atoms with Gasteiger partial charge in [-0.3, -0.25) is 4.79 Å². The summed E-state index contributed by atoms with van der Waals surface area (Å²) in [6.45, 7) is 10.0. The average molecular weight is 332 g/mol. The maximum Gasteiger partial charge on any atom is 0.220 e. The molecule has 2 heteroatoms. The minimum Gasteiger partial charge on any atom is -0.353 e. The molecule has 3 aliphatic carbocycles. The molecule has 0 radical (unpaired) electrons. The van der Waals surface area contributed by atoms with Crippen LogP contribution in [0, 0.1) is 40.4 Å². The van der Waals surface area contributed by atoms with E-state index in [0.717, 1.165) is 42.4 Å². The van der Waals surface area contributed by atoms with E-state index in [-0.39, 0.29) is 0 Å². The Kier molecular flexibility index (Phi) is 4.05. The van der Waals surface area contributed by atoms with Crippen LogP contribution in [-0.4, -0.2) is 11.9 Å². The van der Waals surface area contributed by atoms with E-state index in [1.165, 1.54) is 44.9 Å². The van der Waals surface area contributed by atoms with E-state index in [1.807, 2.05) is 0 Å². The number of fused-ring (bicyclic) bond motifs is 5. The molecule has 0 bridgehead atoms. The van der Waals surface area contributed by atoms with Gasteiger partial charge in [0.1, 0.15) is 0 Å². The lowest BCUT2D eigenvalue weighted by Gasteiger charge is -2.62. The highest BCUT2D eigenvalue weighted by Gasteiger charge is 2.61. The summed E-state index contributed by atoms with van der Waals surface area (Å²) in [5, 5.41) is 3.38. The third-order valence-electron chi connectivity index (χ3n) is 9.30. The van der Waals surface area contributed by atoms with Crippen molar-refractivity contribution in [2.45, 2.75) is 91.5 Å². The van der Waals surface area contributed by atoms with Gasteiger partial charge >= 0.3 is 0 Å². The summed E-state index contributed by atoms with van der Waals surface area (Å²) >= 11 is 0. The van der Waals surface area contributed by atoms with Gasteiger partial charge in [-0.1, -0.05) is 40.5 Å². The van der Waals surface area contributed by atoms with E-state index in [4.69, 9.17) is 0 Å². The van der Waals surface area contributed by atoms with E-state index in [1.54, 1.807) is 0 Å². The van der Waals surface area contributed by atoms with Crippen molar-refractivity contribution in [2.24, 2.45) is 40.4 Å². The molecule has 136 valence electrons. The Morgan fingerprint density at radius 1 is 1.08 bits per heavy atom. The molecule has 3 unspecified atom stereocenters. The van der Waals surface area contributed by atoms with Crippen molar-refractivity contribution in [3.8, 4) is 0 Å². The van der Waals surface area contributed by atoms with E-state index < -0.39 is 0 Å². The molecule has 4 rings (SSSR count). The van der Waals surface area contributed by atoms with Gasteiger partial charge in [0.15, 0.2) is 0 Å². The summed E-state index contributed by atoms with van der Waals surface area (Å²) in [4.78, 5) is 12.0. The predicted octanol–water partition coefficient (Wildman–Crippen LogP) is 5.17. The molecule has 0 aromatic carbocycles. The number of hydrogen-bond acceptors (Lipinski definition) is 1. The molecule has 8 atom stereocenters. The highest BCUT2D eigenvalue weighted by molar-refractivity contribution is 5.77. The lowest BCUT2D eigenvalue weighted by atomic mass is 9.45. The van der Waals surface area contributed by atoms with Crippen LogP contribution in [0.2, 0.25) is 0 Å². The second-order valence-corrected chi connectivity index (χ2v) is 10.2. The molecule has 0 aromatic heterocycles. The Bertz CT molecular complexity index is 516. The summed E-state index contributed by atoms with van der Waals surface area (Å²) in [6.07, 6.45) is 11.7. The third kappa shape index (κ3) is 2.23. The summed E-state index contributed by atoms with van der Waals surface area (Å²) in [7, 11) is 0. The normalized spacial score (nSPS) is 53.8. The standard InChI is InChI=1S/C22H37NO/c1-5-6-15-7-8-16-20-14(2)13-18-22(4,12-10-19(24)23-18)17(20)9-11-21(15,16)3/h14-18,20H,5-13H2,1-4H3,(H,23,24)/t14?,15?,16-,17+,18?,20-,21+,22+/m0/s1. The van der Waals surface area contributed by atoms with Crippen LogP contribution in [0.15, 0.2) is 0 Å². The highest BCUT2D eigenvalue weighted by Crippen LogP contribution is 2.67. The maximum absolute atomic E-state index is 12.0. The zero-order valence-corrected chi connectivity index (χ0v) is 16.2. The zero-order chi connectivity index (χ0) is 17.1. The number of carbonyl (C=O) groups is 1. The van der Waals surface area contributed by atoms with Crippen LogP contribution in [0.3, 0.4) is 0 Å². The van der Waals surface area contributed by atoms with Crippen molar-refractivity contribution in [1.29, 1.82) is 0 Å². The van der Waals surface area contributed by atoms with Gasteiger partial charge in [-0.05, 0) is 78.9 Å². The molecule has 4 fully saturated rings. The van der Waals surface area contributed by atoms with Crippen molar-refractivity contribution in [1.82, 2.24) is 5.32 Å². The highest BCUT2D eigenvalue weighted by atomic mass is 16.1. The number of rotatable bonds is 2. The van der Waals surface area contributed by atoms with Crippen LogP contribution in [0.4, 0.5) is 0 Å². The molecule has 3 saturated carbocycles. The quantitative estimate of drug-likeness (QED) is 0.743. The Morgan fingerprint density at radius 2 is 1.83 bits per heavy atom. The van der Waals surface area contributed by atoms with Crippen molar-refractivity contribution >= 4 is 5.91 Å². The Hall–Kier alpha value is -0.530. The molecule has 1 amide bonds. The SMILES string of the molecule is CCCC1CC[C@H]2[C@@H]3C(C)CC4NC(=O)CC[C@]4(C)[C@@H]3CC[C@]12C. The van der Waals surface area contributed by atoms with Gasteiger partial charge in [0, 0.05) is 12.5 Å². The van der Waals surface area contributed by atoms with E-state index in [9.17, 15) is 4.79 Å². The Balaban J connectivity index is 1.64. The first-order valence-corrected chi connectivity index (χ1v) is 10.7. The Labute approximate surface area is 148 Å². The monoisotopic (exact) mass is 331 g/mol. The molecule has 2 nitrogen and oxygen atoms in total. The summed E-state index contributed by atoms with van der Waals surface area (Å²) < 4.78 is 0. The Morgan fingerprint density at radius 3 is 2.58 bits per heavy atom. The number of hydrogen-bond donors (Lipinski definition) is 1. The van der Waals surface area contributed by atoms with Crippen LogP contribution >= 0.6 is 0 Å². The molecule has 1 heterocycles. The van der Waals surface area contributed by atoms with Crippen LogP contribution in [0.1, 0.15) is 85.5 Å². The molecule has 4 aliphatic rings. The van der Waals surface area contributed by atoms with Crippen LogP contribution in [0.5, 0.6) is 0 Å². The predicted molar refractivity (Wildman–Crippen MR) is 98.5 cm³/mol. The van der Waals surface area contributed by atoms with Crippen molar-refractivity contribution < 1.29 is 4.79 Å². The van der Waals surface area contributed by atoms with Gasteiger partial charge < -0.3 is 5.32 Å². The second-order valence-electron chi connectivity index (χ2n) is 10.2. The summed E-state index contributed by atoms with van der Waals surface area (Å²) in [5.41, 5.74) is 0.960. The topological polar surface area (TPSA) is 29.1 Å². The smallest absolute Gasteiger partial charge is 0.220 e. The number of piperidine rings is 1. The molecule has 1 N–H and O–H groups in total. The van der Waals surface area contributed by atoms with Crippen LogP contribution in [-0.2, 0) is 4.79 Å². The van der Waals surface area contributed by atoms with E-state index in [2.05, 4.69) is 33.0 Å². The van der Waals surface area contributed by atoms with Crippen molar-refractivity contribution in [3.05, 3.63) is 0 Å². The van der Waals surface area contributed by atoms with Gasteiger partial charge in [-0.25, -0.2) is 0 Å². The fraction of sp³-hybridized carbons (Fsp3) is 0.955. The lowest BCUT2D eigenvalue weighted by Crippen LogP contribution is -2.63. The molecule has 1 saturated heterocycles. The van der Waals surface area contributed by atoms with Crippen molar-refractivity contribution in [2.75, 3.05) is 0 Å². The minimum atomic E-state index is 0.299. The second kappa shape index (κ2) is 5.74. The summed E-state index contributed by atoms with van der Waals surface area (Å²) in [5.74, 6) is 4.73. The first-order chi connectivity index (χ1) is 11.4. The molecular weight excluding hydrogens is 294 g/mol. The van der Waals surface area contributed by atoms with Gasteiger partial charge in [-0.2, -0.15) is 0 Å². The molecule has 24 heavy (non-hydrogen) atoms. The minimum absolute atomic E-state index is 0.299. The van der Waals surface area contributed by atoms with E-state index >= 15 is 0 Å². The van der Waals surface area contributed by atoms with Gasteiger partial charge in [-0.15, -0.1) is 0 Å². The van der Waals surface area contributed by atoms with Crippen LogP contribution in [0.25, 0.3) is 0 Å². The summed E-state index contributed by atoms with van der Waals surface area (Å²) in [6, 6.07) is 0.437. The average Bonchev–Trinajstić information content (AvgIpc) is 2.87. The van der Waals surface area contributed by atoms with Crippen molar-refractivity contribution in [3.63, 3.8) is 0 Å². The lowest BCUT2D eigenvalue weighted by molar-refractivity contribution is -0.143. The number of carbonyl (C=O) groups excluding carboxylic acids is 1. The number of nitrogens with one attached hydrogen (secondary N) is 1. The first-order valence-electron chi connectivity index (χ1n) is 10.7. The maximum atomic E-state index is 12.0. The first kappa shape index (κ1) is 16.9. The van der Waals surface area contributed by atoms with Gasteiger partial charge in [0.25, 0.3) is 0 Å². The molecular formula is C22H37NO. The zero-order valence-electron chi connectivity index (χ0n) is 16.2. The molecule has 1 aliphatic heterocycles.